The van der Waals surface area contributed by atoms with Gasteiger partial charge in [0.1, 0.15) is 11.6 Å². The SMILES string of the molecule is CCCC1CCC(C2(F)C(F)=CC(OC(=O)c3ccccc3)=CC2F)CC1. The number of benzene rings is 1. The van der Waals surface area contributed by atoms with Crippen LogP contribution in [-0.2, 0) is 4.74 Å². The van der Waals surface area contributed by atoms with Crippen LogP contribution in [0.3, 0.4) is 0 Å². The van der Waals surface area contributed by atoms with E-state index >= 15 is 4.39 Å². The van der Waals surface area contributed by atoms with E-state index < -0.39 is 29.6 Å². The van der Waals surface area contributed by atoms with Gasteiger partial charge in [-0.1, -0.05) is 50.8 Å². The largest absolute Gasteiger partial charge is 0.423 e. The number of alkyl halides is 2. The Morgan fingerprint density at radius 2 is 1.85 bits per heavy atom. The Bertz CT molecular complexity index is 720. The number of carbonyl (C=O) groups is 1. The van der Waals surface area contributed by atoms with Crippen molar-refractivity contribution < 1.29 is 22.7 Å². The van der Waals surface area contributed by atoms with Gasteiger partial charge >= 0.3 is 5.97 Å². The minimum Gasteiger partial charge on any atom is -0.423 e. The number of hydrogen-bond acceptors (Lipinski definition) is 2. The first kappa shape index (κ1) is 19.7. The Balaban J connectivity index is 1.69. The summed E-state index contributed by atoms with van der Waals surface area (Å²) < 4.78 is 49.8. The molecular formula is C22H25F3O2. The van der Waals surface area contributed by atoms with Gasteiger partial charge in [-0.25, -0.2) is 18.0 Å². The molecule has 0 N–H and O–H groups in total. The molecule has 0 saturated heterocycles. The number of rotatable bonds is 5. The van der Waals surface area contributed by atoms with Crippen molar-refractivity contribution in [3.05, 3.63) is 59.6 Å². The van der Waals surface area contributed by atoms with Gasteiger partial charge < -0.3 is 4.74 Å². The molecule has 0 heterocycles. The van der Waals surface area contributed by atoms with Crippen LogP contribution in [-0.4, -0.2) is 17.8 Å². The molecule has 0 amide bonds. The molecule has 0 aromatic heterocycles. The third-order valence-corrected chi connectivity index (χ3v) is 5.70. The molecule has 2 nitrogen and oxygen atoms in total. The minimum absolute atomic E-state index is 0.258. The van der Waals surface area contributed by atoms with E-state index in [1.807, 2.05) is 0 Å². The fourth-order valence-electron chi connectivity index (χ4n) is 4.18. The van der Waals surface area contributed by atoms with Gasteiger partial charge in [0.2, 0.25) is 0 Å². The zero-order valence-corrected chi connectivity index (χ0v) is 15.5. The number of halogens is 3. The lowest BCUT2D eigenvalue weighted by Gasteiger charge is -2.40. The summed E-state index contributed by atoms with van der Waals surface area (Å²) in [5, 5.41) is 0. The number of hydrogen-bond donors (Lipinski definition) is 0. The van der Waals surface area contributed by atoms with E-state index in [0.29, 0.717) is 18.8 Å². The predicted molar refractivity (Wildman–Crippen MR) is 98.2 cm³/mol. The van der Waals surface area contributed by atoms with E-state index in [1.165, 1.54) is 12.1 Å². The monoisotopic (exact) mass is 378 g/mol. The molecule has 2 aliphatic rings. The van der Waals surface area contributed by atoms with Crippen molar-refractivity contribution in [3.63, 3.8) is 0 Å². The standard InChI is InChI=1S/C22H25F3O2/c1-2-6-15-9-11-17(12-10-15)22(25)19(23)13-18(14-20(22)24)27-21(26)16-7-4-3-5-8-16/h3-5,7-8,13-15,17,19H,2,6,9-12H2,1H3. The van der Waals surface area contributed by atoms with Crippen LogP contribution >= 0.6 is 0 Å². The second-order valence-electron chi connectivity index (χ2n) is 7.49. The molecule has 1 saturated carbocycles. The van der Waals surface area contributed by atoms with E-state index in [-0.39, 0.29) is 11.3 Å². The molecular weight excluding hydrogens is 353 g/mol. The third kappa shape index (κ3) is 4.12. The Kier molecular flexibility index (Phi) is 6.08. The molecule has 0 spiro atoms. The van der Waals surface area contributed by atoms with Crippen LogP contribution in [0.1, 0.15) is 55.8 Å². The summed E-state index contributed by atoms with van der Waals surface area (Å²) >= 11 is 0. The molecule has 5 heteroatoms. The number of allylic oxidation sites excluding steroid dienone is 3. The summed E-state index contributed by atoms with van der Waals surface area (Å²) in [5.41, 5.74) is -2.41. The lowest BCUT2D eigenvalue weighted by molar-refractivity contribution is 0.000809. The summed E-state index contributed by atoms with van der Waals surface area (Å²) in [7, 11) is 0. The first-order valence-corrected chi connectivity index (χ1v) is 9.64. The zero-order valence-electron chi connectivity index (χ0n) is 15.5. The van der Waals surface area contributed by atoms with Crippen LogP contribution in [0.2, 0.25) is 0 Å². The lowest BCUT2D eigenvalue weighted by Crippen LogP contribution is -2.45. The number of carbonyl (C=O) groups excluding carboxylic acids is 1. The lowest BCUT2D eigenvalue weighted by atomic mass is 9.70. The van der Waals surface area contributed by atoms with Crippen molar-refractivity contribution in [1.82, 2.24) is 0 Å². The number of esters is 1. The van der Waals surface area contributed by atoms with Crippen molar-refractivity contribution in [3.8, 4) is 0 Å². The molecule has 3 rings (SSSR count). The van der Waals surface area contributed by atoms with Crippen LogP contribution in [0.4, 0.5) is 13.2 Å². The Hall–Kier alpha value is -2.04. The van der Waals surface area contributed by atoms with Gasteiger partial charge in [0.05, 0.1) is 5.56 Å². The fraction of sp³-hybridized carbons (Fsp3) is 0.500. The maximum atomic E-state index is 15.4. The molecule has 1 aromatic carbocycles. The van der Waals surface area contributed by atoms with Crippen LogP contribution in [0.5, 0.6) is 0 Å². The first-order chi connectivity index (χ1) is 12.9. The second-order valence-corrected chi connectivity index (χ2v) is 7.49. The number of ether oxygens (including phenoxy) is 1. The van der Waals surface area contributed by atoms with Gasteiger partial charge in [-0.2, -0.15) is 0 Å². The van der Waals surface area contributed by atoms with E-state index in [0.717, 1.165) is 37.8 Å². The van der Waals surface area contributed by atoms with Gasteiger partial charge in [0.15, 0.2) is 11.8 Å². The molecule has 146 valence electrons. The molecule has 0 radical (unpaired) electrons. The van der Waals surface area contributed by atoms with Crippen molar-refractivity contribution >= 4 is 5.97 Å². The van der Waals surface area contributed by atoms with E-state index in [1.54, 1.807) is 18.2 Å². The molecule has 27 heavy (non-hydrogen) atoms. The average Bonchev–Trinajstić information content (AvgIpc) is 2.67. The maximum absolute atomic E-state index is 15.4. The van der Waals surface area contributed by atoms with E-state index in [4.69, 9.17) is 4.74 Å². The quantitative estimate of drug-likeness (QED) is 0.566. The molecule has 0 aliphatic heterocycles. The Labute approximate surface area is 158 Å². The minimum atomic E-state index is -2.67. The Morgan fingerprint density at radius 1 is 1.19 bits per heavy atom. The maximum Gasteiger partial charge on any atom is 0.343 e. The van der Waals surface area contributed by atoms with Gasteiger partial charge in [-0.15, -0.1) is 0 Å². The molecule has 2 aliphatic carbocycles. The van der Waals surface area contributed by atoms with E-state index in [2.05, 4.69) is 6.92 Å². The van der Waals surface area contributed by atoms with Crippen molar-refractivity contribution in [2.75, 3.05) is 0 Å². The zero-order chi connectivity index (χ0) is 19.4. The van der Waals surface area contributed by atoms with Crippen molar-refractivity contribution in [2.24, 2.45) is 11.8 Å². The molecule has 1 aromatic rings. The fourth-order valence-corrected chi connectivity index (χ4v) is 4.18. The molecule has 2 atom stereocenters. The highest BCUT2D eigenvalue weighted by molar-refractivity contribution is 5.90. The smallest absolute Gasteiger partial charge is 0.343 e. The highest BCUT2D eigenvalue weighted by atomic mass is 19.2. The third-order valence-electron chi connectivity index (χ3n) is 5.70. The first-order valence-electron chi connectivity index (χ1n) is 9.64. The van der Waals surface area contributed by atoms with Gasteiger partial charge in [-0.05, 0) is 37.0 Å². The van der Waals surface area contributed by atoms with Crippen molar-refractivity contribution in [1.29, 1.82) is 0 Å². The highest BCUT2D eigenvalue weighted by Crippen LogP contribution is 2.48. The Morgan fingerprint density at radius 3 is 2.44 bits per heavy atom. The van der Waals surface area contributed by atoms with Gasteiger partial charge in [0, 0.05) is 12.0 Å². The predicted octanol–water partition coefficient (Wildman–Crippen LogP) is 6.25. The average molecular weight is 378 g/mol. The van der Waals surface area contributed by atoms with Crippen LogP contribution in [0.15, 0.2) is 54.1 Å². The van der Waals surface area contributed by atoms with Crippen LogP contribution in [0.25, 0.3) is 0 Å². The topological polar surface area (TPSA) is 26.3 Å². The van der Waals surface area contributed by atoms with E-state index in [9.17, 15) is 13.6 Å². The molecule has 2 unspecified atom stereocenters. The normalized spacial score (nSPS) is 31.0. The van der Waals surface area contributed by atoms with Crippen molar-refractivity contribution in [2.45, 2.75) is 57.3 Å². The highest BCUT2D eigenvalue weighted by Gasteiger charge is 2.52. The van der Waals surface area contributed by atoms with Gasteiger partial charge in [-0.3, -0.25) is 0 Å². The summed E-state index contributed by atoms with van der Waals surface area (Å²) in [6, 6.07) is 8.11. The molecule has 1 fully saturated rings. The van der Waals surface area contributed by atoms with Crippen LogP contribution < -0.4 is 0 Å². The summed E-state index contributed by atoms with van der Waals surface area (Å²) in [4.78, 5) is 12.1. The van der Waals surface area contributed by atoms with Gasteiger partial charge in [0.25, 0.3) is 0 Å². The molecule has 0 bridgehead atoms. The van der Waals surface area contributed by atoms with Crippen LogP contribution in [0, 0.1) is 11.8 Å². The summed E-state index contributed by atoms with van der Waals surface area (Å²) in [6.45, 7) is 2.10. The summed E-state index contributed by atoms with van der Waals surface area (Å²) in [6.07, 6.45) is 4.18. The summed E-state index contributed by atoms with van der Waals surface area (Å²) in [5.74, 6) is -2.39. The second kappa shape index (κ2) is 8.32.